The molecule has 4 rings (SSSR count). The fourth-order valence-electron chi connectivity index (χ4n) is 3.68. The van der Waals surface area contributed by atoms with Crippen LogP contribution in [0.15, 0.2) is 36.5 Å². The van der Waals surface area contributed by atoms with Crippen molar-refractivity contribution in [3.05, 3.63) is 47.9 Å². The maximum atomic E-state index is 12.6. The molecule has 0 spiro atoms. The molecule has 7 heteroatoms. The summed E-state index contributed by atoms with van der Waals surface area (Å²) in [6, 6.07) is 10.8. The number of pyridine rings is 1. The number of ether oxygens (including phenoxy) is 1. The molecule has 0 bridgehead atoms. The summed E-state index contributed by atoms with van der Waals surface area (Å²) in [7, 11) is 1.56. The van der Waals surface area contributed by atoms with Crippen LogP contribution in [0.4, 0.5) is 5.69 Å². The fraction of sp³-hybridized carbons (Fsp3) is 0.333. The van der Waals surface area contributed by atoms with Crippen molar-refractivity contribution in [2.24, 2.45) is 0 Å². The van der Waals surface area contributed by atoms with Crippen molar-refractivity contribution < 1.29 is 9.53 Å². The molecule has 1 aliphatic rings. The van der Waals surface area contributed by atoms with Crippen LogP contribution in [0.3, 0.4) is 0 Å². The van der Waals surface area contributed by atoms with Gasteiger partial charge >= 0.3 is 0 Å². The molecule has 0 atom stereocenters. The molecule has 28 heavy (non-hydrogen) atoms. The minimum atomic E-state index is -0.394. The second kappa shape index (κ2) is 7.69. The number of hydrogen-bond acceptors (Lipinski definition) is 5. The van der Waals surface area contributed by atoms with E-state index >= 15 is 0 Å². The Bertz CT molecular complexity index is 1060. The number of rotatable bonds is 4. The van der Waals surface area contributed by atoms with Gasteiger partial charge in [-0.15, -0.1) is 0 Å². The second-order valence-corrected chi connectivity index (χ2v) is 6.99. The number of nitrogens with one attached hydrogen (secondary N) is 1. The van der Waals surface area contributed by atoms with Gasteiger partial charge in [0.25, 0.3) is 5.91 Å². The van der Waals surface area contributed by atoms with Crippen LogP contribution in [-0.2, 0) is 0 Å². The maximum Gasteiger partial charge on any atom is 0.274 e. The third-order valence-corrected chi connectivity index (χ3v) is 5.14. The van der Waals surface area contributed by atoms with Gasteiger partial charge < -0.3 is 10.1 Å². The average Bonchev–Trinajstić information content (AvgIpc) is 3.16. The van der Waals surface area contributed by atoms with E-state index in [0.717, 1.165) is 23.7 Å². The van der Waals surface area contributed by atoms with Gasteiger partial charge in [0, 0.05) is 17.6 Å². The van der Waals surface area contributed by atoms with E-state index in [1.54, 1.807) is 25.3 Å². The van der Waals surface area contributed by atoms with Crippen LogP contribution < -0.4 is 10.1 Å². The lowest BCUT2D eigenvalue weighted by Gasteiger charge is -2.21. The lowest BCUT2D eigenvalue weighted by Crippen LogP contribution is -2.14. The van der Waals surface area contributed by atoms with Crippen LogP contribution in [0.5, 0.6) is 5.75 Å². The molecule has 1 aromatic carbocycles. The van der Waals surface area contributed by atoms with E-state index in [0.29, 0.717) is 17.5 Å². The summed E-state index contributed by atoms with van der Waals surface area (Å²) in [4.78, 5) is 16.6. The third-order valence-electron chi connectivity index (χ3n) is 5.14. The maximum absolute atomic E-state index is 12.6. The summed E-state index contributed by atoms with van der Waals surface area (Å²) >= 11 is 0. The van der Waals surface area contributed by atoms with Gasteiger partial charge in [0.05, 0.1) is 24.4 Å². The van der Waals surface area contributed by atoms with Crippen LogP contribution in [-0.4, -0.2) is 27.8 Å². The molecule has 1 N–H and O–H groups in total. The lowest BCUT2D eigenvalue weighted by molar-refractivity contribution is 0.102. The van der Waals surface area contributed by atoms with E-state index in [1.165, 1.54) is 19.3 Å². The van der Waals surface area contributed by atoms with Crippen LogP contribution in [0.1, 0.15) is 54.3 Å². The molecule has 0 aliphatic heterocycles. The zero-order chi connectivity index (χ0) is 19.5. The van der Waals surface area contributed by atoms with Crippen LogP contribution >= 0.6 is 0 Å². The molecule has 3 aromatic rings. The van der Waals surface area contributed by atoms with Crippen molar-refractivity contribution in [1.82, 2.24) is 14.8 Å². The molecular formula is C21H21N5O2. The number of anilines is 1. The molecule has 0 unspecified atom stereocenters. The Labute approximate surface area is 162 Å². The van der Waals surface area contributed by atoms with Gasteiger partial charge in [-0.2, -0.15) is 10.4 Å². The van der Waals surface area contributed by atoms with E-state index in [9.17, 15) is 4.79 Å². The van der Waals surface area contributed by atoms with Gasteiger partial charge in [-0.05, 0) is 31.0 Å². The molecule has 1 amide bonds. The Hall–Kier alpha value is -3.40. The smallest absolute Gasteiger partial charge is 0.274 e. The minimum Gasteiger partial charge on any atom is -0.494 e. The zero-order valence-corrected chi connectivity index (χ0v) is 15.7. The Morgan fingerprint density at radius 1 is 1.29 bits per heavy atom. The van der Waals surface area contributed by atoms with Crippen molar-refractivity contribution in [3.63, 3.8) is 0 Å². The van der Waals surface area contributed by atoms with Crippen molar-refractivity contribution >= 4 is 22.5 Å². The number of benzene rings is 1. The highest BCUT2D eigenvalue weighted by atomic mass is 16.5. The molecule has 1 fully saturated rings. The molecule has 1 saturated carbocycles. The number of carbonyl (C=O) groups excluding carboxylic acids is 1. The number of carbonyl (C=O) groups is 1. The standard InChI is InChI=1S/C21H21N5O2/c1-28-20-11-18-14(13-26(25-18)16-7-3-2-4-8-16)10-19(20)24-21(27)17-9-5-6-15(12-22)23-17/h5-6,9-11,13,16H,2-4,7-8H2,1H3,(H,24,27). The SMILES string of the molecule is COc1cc2nn(C3CCCCC3)cc2cc1NC(=O)c1cccc(C#N)n1. The van der Waals surface area contributed by atoms with Gasteiger partial charge in [0.15, 0.2) is 0 Å². The van der Waals surface area contributed by atoms with Crippen LogP contribution in [0, 0.1) is 11.3 Å². The molecule has 0 saturated heterocycles. The summed E-state index contributed by atoms with van der Waals surface area (Å²) in [5, 5.41) is 17.5. The number of amides is 1. The number of hydrogen-bond donors (Lipinski definition) is 1. The predicted octanol–water partition coefficient (Wildman–Crippen LogP) is 4.07. The Kier molecular flexibility index (Phi) is 4.94. The third kappa shape index (κ3) is 3.54. The summed E-state index contributed by atoms with van der Waals surface area (Å²) in [6.45, 7) is 0. The van der Waals surface area contributed by atoms with Crippen molar-refractivity contribution in [2.45, 2.75) is 38.1 Å². The second-order valence-electron chi connectivity index (χ2n) is 6.99. The first kappa shape index (κ1) is 18.0. The molecule has 142 valence electrons. The zero-order valence-electron chi connectivity index (χ0n) is 15.7. The van der Waals surface area contributed by atoms with Gasteiger partial charge in [0.1, 0.15) is 23.2 Å². The normalized spacial score (nSPS) is 14.6. The fourth-order valence-corrected chi connectivity index (χ4v) is 3.68. The summed E-state index contributed by atoms with van der Waals surface area (Å²) < 4.78 is 7.50. The Morgan fingerprint density at radius 3 is 2.86 bits per heavy atom. The van der Waals surface area contributed by atoms with Crippen molar-refractivity contribution in [3.8, 4) is 11.8 Å². The van der Waals surface area contributed by atoms with Gasteiger partial charge in [-0.1, -0.05) is 25.3 Å². The quantitative estimate of drug-likeness (QED) is 0.742. The first-order valence-corrected chi connectivity index (χ1v) is 9.43. The monoisotopic (exact) mass is 375 g/mol. The predicted molar refractivity (Wildman–Crippen MR) is 105 cm³/mol. The largest absolute Gasteiger partial charge is 0.494 e. The number of fused-ring (bicyclic) bond motifs is 1. The molecule has 0 radical (unpaired) electrons. The Balaban J connectivity index is 1.64. The van der Waals surface area contributed by atoms with E-state index in [1.807, 2.05) is 29.1 Å². The number of nitriles is 1. The van der Waals surface area contributed by atoms with E-state index < -0.39 is 5.91 Å². The van der Waals surface area contributed by atoms with Crippen molar-refractivity contribution in [2.75, 3.05) is 12.4 Å². The molecular weight excluding hydrogens is 354 g/mol. The number of nitrogens with zero attached hydrogens (tertiary/aromatic N) is 4. The van der Waals surface area contributed by atoms with E-state index in [4.69, 9.17) is 15.1 Å². The van der Waals surface area contributed by atoms with Gasteiger partial charge in [0.2, 0.25) is 0 Å². The van der Waals surface area contributed by atoms with Gasteiger partial charge in [-0.3, -0.25) is 9.48 Å². The average molecular weight is 375 g/mol. The highest BCUT2D eigenvalue weighted by Gasteiger charge is 2.18. The number of aromatic nitrogens is 3. The summed E-state index contributed by atoms with van der Waals surface area (Å²) in [5.41, 5.74) is 1.76. The molecule has 1 aliphatic carbocycles. The topological polar surface area (TPSA) is 92.8 Å². The van der Waals surface area contributed by atoms with Crippen LogP contribution in [0.25, 0.3) is 10.9 Å². The number of methoxy groups -OCH3 is 1. The first-order chi connectivity index (χ1) is 13.7. The lowest BCUT2D eigenvalue weighted by atomic mass is 9.96. The van der Waals surface area contributed by atoms with Gasteiger partial charge in [-0.25, -0.2) is 4.98 Å². The molecule has 2 heterocycles. The summed E-state index contributed by atoms with van der Waals surface area (Å²) in [5.74, 6) is 0.139. The van der Waals surface area contributed by atoms with E-state index in [2.05, 4.69) is 10.3 Å². The van der Waals surface area contributed by atoms with Crippen molar-refractivity contribution in [1.29, 1.82) is 5.26 Å². The highest BCUT2D eigenvalue weighted by molar-refractivity contribution is 6.05. The summed E-state index contributed by atoms with van der Waals surface area (Å²) in [6.07, 6.45) is 8.10. The highest BCUT2D eigenvalue weighted by Crippen LogP contribution is 2.33. The molecule has 2 aromatic heterocycles. The Morgan fingerprint density at radius 2 is 2.11 bits per heavy atom. The minimum absolute atomic E-state index is 0.180. The molecule has 7 nitrogen and oxygen atoms in total. The van der Waals surface area contributed by atoms with Crippen LogP contribution in [0.2, 0.25) is 0 Å². The first-order valence-electron chi connectivity index (χ1n) is 9.43. The van der Waals surface area contributed by atoms with E-state index in [-0.39, 0.29) is 11.4 Å².